The molecule has 2 aliphatic heterocycles. The molecule has 3 atom stereocenters. The quantitative estimate of drug-likeness (QED) is 0.663. The minimum absolute atomic E-state index is 0.0670. The molecule has 8 nitrogen and oxygen atoms in total. The number of ether oxygens (including phenoxy) is 1. The van der Waals surface area contributed by atoms with E-state index in [2.05, 4.69) is 10.2 Å². The number of anilines is 1. The summed E-state index contributed by atoms with van der Waals surface area (Å²) in [6, 6.07) is 13.0. The van der Waals surface area contributed by atoms with E-state index in [-0.39, 0.29) is 17.8 Å². The highest BCUT2D eigenvalue weighted by atomic mass is 19.1. The average Bonchev–Trinajstić information content (AvgIpc) is 3.61. The summed E-state index contributed by atoms with van der Waals surface area (Å²) < 4.78 is 18.0. The van der Waals surface area contributed by atoms with Gasteiger partial charge >= 0.3 is 5.97 Å². The standard InChI is InChI=1S/C23H24FN3O5/c1-14(25-21(28)19-20(32-19)23(30)31)15-2-4-16(5-3-15)22(29)27-12-10-26(11-13-27)18-8-6-17(24)7-9-18/h2-9,14,19-20H,10-13H2,1H3,(H,25,28)(H,30,31)/t14-,19-,20-/m0/s1. The van der Waals surface area contributed by atoms with Crippen LogP contribution >= 0.6 is 0 Å². The molecule has 2 heterocycles. The summed E-state index contributed by atoms with van der Waals surface area (Å²) in [7, 11) is 0. The lowest BCUT2D eigenvalue weighted by Gasteiger charge is -2.36. The van der Waals surface area contributed by atoms with Gasteiger partial charge in [-0.2, -0.15) is 0 Å². The molecule has 2 aliphatic rings. The zero-order valence-corrected chi connectivity index (χ0v) is 17.5. The lowest BCUT2D eigenvalue weighted by atomic mass is 10.0. The van der Waals surface area contributed by atoms with Crippen LogP contribution in [0.2, 0.25) is 0 Å². The second kappa shape index (κ2) is 8.96. The van der Waals surface area contributed by atoms with Crippen LogP contribution in [-0.2, 0) is 14.3 Å². The molecule has 2 N–H and O–H groups in total. The van der Waals surface area contributed by atoms with E-state index >= 15 is 0 Å². The van der Waals surface area contributed by atoms with Gasteiger partial charge < -0.3 is 25.0 Å². The van der Waals surface area contributed by atoms with Crippen LogP contribution in [-0.4, -0.2) is 66.2 Å². The maximum atomic E-state index is 13.1. The highest BCUT2D eigenvalue weighted by molar-refractivity contribution is 5.94. The van der Waals surface area contributed by atoms with Crippen LogP contribution in [0.3, 0.4) is 0 Å². The van der Waals surface area contributed by atoms with Gasteiger partial charge in [-0.15, -0.1) is 0 Å². The van der Waals surface area contributed by atoms with Gasteiger partial charge in [-0.25, -0.2) is 9.18 Å². The first kappa shape index (κ1) is 21.8. The largest absolute Gasteiger partial charge is 0.479 e. The molecule has 0 saturated carbocycles. The first-order chi connectivity index (χ1) is 15.3. The Morgan fingerprint density at radius 1 is 1.00 bits per heavy atom. The number of carbonyl (C=O) groups excluding carboxylic acids is 2. The zero-order valence-electron chi connectivity index (χ0n) is 17.5. The van der Waals surface area contributed by atoms with Crippen molar-refractivity contribution in [3.8, 4) is 0 Å². The van der Waals surface area contributed by atoms with Gasteiger partial charge in [-0.05, 0) is 48.9 Å². The Balaban J connectivity index is 1.30. The first-order valence-electron chi connectivity index (χ1n) is 10.4. The molecule has 0 bridgehead atoms. The van der Waals surface area contributed by atoms with E-state index in [1.165, 1.54) is 12.1 Å². The van der Waals surface area contributed by atoms with Crippen LogP contribution in [0, 0.1) is 5.82 Å². The van der Waals surface area contributed by atoms with Crippen LogP contribution in [0.5, 0.6) is 0 Å². The Morgan fingerprint density at radius 3 is 2.19 bits per heavy atom. The molecule has 168 valence electrons. The Hall–Kier alpha value is -3.46. The normalized spacial score (nSPS) is 21.1. The third-order valence-electron chi connectivity index (χ3n) is 5.77. The smallest absolute Gasteiger partial charge is 0.336 e. The van der Waals surface area contributed by atoms with E-state index in [1.807, 2.05) is 0 Å². The summed E-state index contributed by atoms with van der Waals surface area (Å²) >= 11 is 0. The number of aliphatic carboxylic acids is 1. The van der Waals surface area contributed by atoms with Crippen LogP contribution < -0.4 is 10.2 Å². The number of halogens is 1. The number of amides is 2. The zero-order chi connectivity index (χ0) is 22.8. The van der Waals surface area contributed by atoms with Gasteiger partial charge in [0.2, 0.25) is 0 Å². The van der Waals surface area contributed by atoms with Gasteiger partial charge in [-0.1, -0.05) is 12.1 Å². The van der Waals surface area contributed by atoms with Crippen molar-refractivity contribution in [2.45, 2.75) is 25.2 Å². The highest BCUT2D eigenvalue weighted by Gasteiger charge is 2.50. The fraction of sp³-hybridized carbons (Fsp3) is 0.348. The Kier molecular flexibility index (Phi) is 6.09. The lowest BCUT2D eigenvalue weighted by molar-refractivity contribution is -0.138. The number of rotatable bonds is 6. The topological polar surface area (TPSA) is 102 Å². The molecule has 2 saturated heterocycles. The number of nitrogens with one attached hydrogen (secondary N) is 1. The van der Waals surface area contributed by atoms with Crippen molar-refractivity contribution in [2.24, 2.45) is 0 Å². The number of hydrogen-bond acceptors (Lipinski definition) is 5. The molecule has 2 aromatic rings. The molecule has 0 aliphatic carbocycles. The van der Waals surface area contributed by atoms with Crippen molar-refractivity contribution in [1.82, 2.24) is 10.2 Å². The second-order valence-corrected chi connectivity index (χ2v) is 7.92. The Bertz CT molecular complexity index is 1000. The Labute approximate surface area is 184 Å². The SMILES string of the molecule is C[C@H](NC(=O)[C@H]1O[C@@H]1C(=O)O)c1ccc(C(=O)N2CCN(c3ccc(F)cc3)CC2)cc1. The van der Waals surface area contributed by atoms with Gasteiger partial charge in [0.25, 0.3) is 11.8 Å². The summed E-state index contributed by atoms with van der Waals surface area (Å²) in [5.74, 6) is -1.96. The number of epoxide rings is 1. The van der Waals surface area contributed by atoms with E-state index in [9.17, 15) is 18.8 Å². The summed E-state index contributed by atoms with van der Waals surface area (Å²) in [6.07, 6.45) is -2.03. The molecule has 2 fully saturated rings. The molecular weight excluding hydrogens is 417 g/mol. The summed E-state index contributed by atoms with van der Waals surface area (Å²) in [6.45, 7) is 4.24. The molecule has 0 aromatic heterocycles. The van der Waals surface area contributed by atoms with Crippen molar-refractivity contribution in [2.75, 3.05) is 31.1 Å². The highest BCUT2D eigenvalue weighted by Crippen LogP contribution is 2.24. The average molecular weight is 441 g/mol. The molecule has 2 aromatic carbocycles. The molecule has 4 rings (SSSR count). The maximum Gasteiger partial charge on any atom is 0.336 e. The minimum Gasteiger partial charge on any atom is -0.479 e. The molecule has 2 amide bonds. The molecule has 9 heteroatoms. The van der Waals surface area contributed by atoms with Crippen molar-refractivity contribution in [3.05, 3.63) is 65.5 Å². The van der Waals surface area contributed by atoms with Gasteiger partial charge in [0.15, 0.2) is 12.2 Å². The van der Waals surface area contributed by atoms with Crippen LogP contribution in [0.15, 0.2) is 48.5 Å². The summed E-state index contributed by atoms with van der Waals surface area (Å²) in [4.78, 5) is 39.6. The predicted octanol–water partition coefficient (Wildman–Crippen LogP) is 1.82. The van der Waals surface area contributed by atoms with Gasteiger partial charge in [0.05, 0.1) is 6.04 Å². The second-order valence-electron chi connectivity index (χ2n) is 7.92. The third-order valence-corrected chi connectivity index (χ3v) is 5.77. The number of nitrogens with zero attached hydrogens (tertiary/aromatic N) is 2. The van der Waals surface area contributed by atoms with Gasteiger partial charge in [0.1, 0.15) is 5.82 Å². The predicted molar refractivity (Wildman–Crippen MR) is 114 cm³/mol. The van der Waals surface area contributed by atoms with Crippen molar-refractivity contribution < 1.29 is 28.6 Å². The number of carbonyl (C=O) groups is 3. The van der Waals surface area contributed by atoms with Gasteiger partial charge in [-0.3, -0.25) is 9.59 Å². The van der Waals surface area contributed by atoms with E-state index < -0.39 is 24.1 Å². The van der Waals surface area contributed by atoms with E-state index in [0.29, 0.717) is 31.7 Å². The molecule has 0 unspecified atom stereocenters. The monoisotopic (exact) mass is 441 g/mol. The van der Waals surface area contributed by atoms with Crippen LogP contribution in [0.4, 0.5) is 10.1 Å². The maximum absolute atomic E-state index is 13.1. The molecule has 0 radical (unpaired) electrons. The summed E-state index contributed by atoms with van der Waals surface area (Å²) in [5.41, 5.74) is 2.28. The minimum atomic E-state index is -1.15. The number of carboxylic acid groups (broad SMARTS) is 1. The summed E-state index contributed by atoms with van der Waals surface area (Å²) in [5, 5.41) is 11.6. The number of hydrogen-bond donors (Lipinski definition) is 2. The van der Waals surface area contributed by atoms with Crippen molar-refractivity contribution in [3.63, 3.8) is 0 Å². The molecular formula is C23H24FN3O5. The van der Waals surface area contributed by atoms with Crippen molar-refractivity contribution >= 4 is 23.5 Å². The third kappa shape index (κ3) is 4.72. The van der Waals surface area contributed by atoms with E-state index in [4.69, 9.17) is 9.84 Å². The van der Waals surface area contributed by atoms with Crippen LogP contribution in [0.1, 0.15) is 28.9 Å². The molecule has 32 heavy (non-hydrogen) atoms. The fourth-order valence-electron chi connectivity index (χ4n) is 3.80. The molecule has 0 spiro atoms. The number of benzene rings is 2. The van der Waals surface area contributed by atoms with Crippen LogP contribution in [0.25, 0.3) is 0 Å². The first-order valence-corrected chi connectivity index (χ1v) is 10.4. The van der Waals surface area contributed by atoms with E-state index in [0.717, 1.165) is 11.3 Å². The van der Waals surface area contributed by atoms with E-state index in [1.54, 1.807) is 48.2 Å². The number of piperazine rings is 1. The Morgan fingerprint density at radius 2 is 1.62 bits per heavy atom. The van der Waals surface area contributed by atoms with Crippen molar-refractivity contribution in [1.29, 1.82) is 0 Å². The van der Waals surface area contributed by atoms with Gasteiger partial charge in [0, 0.05) is 37.4 Å². The fourth-order valence-corrected chi connectivity index (χ4v) is 3.80. The lowest BCUT2D eigenvalue weighted by Crippen LogP contribution is -2.48. The number of carboxylic acids is 1.